The number of hydrogen-bond acceptors (Lipinski definition) is 1. The normalized spacial score (nSPS) is 10.8. The maximum Gasteiger partial charge on any atom is 0.213 e. The predicted molar refractivity (Wildman–Crippen MR) is 74.7 cm³/mol. The van der Waals surface area contributed by atoms with Gasteiger partial charge in [-0.2, -0.15) is 4.39 Å². The van der Waals surface area contributed by atoms with E-state index in [2.05, 4.69) is 4.98 Å². The summed E-state index contributed by atoms with van der Waals surface area (Å²) in [7, 11) is 0. The van der Waals surface area contributed by atoms with Crippen molar-refractivity contribution in [2.45, 2.75) is 0 Å². The van der Waals surface area contributed by atoms with Crippen molar-refractivity contribution >= 4 is 58.0 Å². The Balaban J connectivity index is 2.80. The maximum absolute atomic E-state index is 13.1. The molecule has 0 bridgehead atoms. The van der Waals surface area contributed by atoms with Crippen LogP contribution >= 0.6 is 58.0 Å². The van der Waals surface area contributed by atoms with E-state index in [4.69, 9.17) is 58.0 Å². The van der Waals surface area contributed by atoms with E-state index in [9.17, 15) is 4.39 Å². The molecule has 0 atom stereocenters. The van der Waals surface area contributed by atoms with Crippen LogP contribution in [0.15, 0.2) is 18.2 Å². The summed E-state index contributed by atoms with van der Waals surface area (Å²) in [6.45, 7) is 0. The van der Waals surface area contributed by atoms with Gasteiger partial charge in [0.1, 0.15) is 0 Å². The van der Waals surface area contributed by atoms with Gasteiger partial charge in [0.05, 0.1) is 30.8 Å². The lowest BCUT2D eigenvalue weighted by molar-refractivity contribution is 0.585. The van der Waals surface area contributed by atoms with E-state index in [1.165, 1.54) is 18.2 Å². The average Bonchev–Trinajstić information content (AvgIpc) is 2.34. The van der Waals surface area contributed by atoms with Crippen molar-refractivity contribution in [2.75, 3.05) is 0 Å². The summed E-state index contributed by atoms with van der Waals surface area (Å²) >= 11 is 29.8. The Labute approximate surface area is 127 Å². The van der Waals surface area contributed by atoms with Crippen LogP contribution in [0.1, 0.15) is 0 Å². The number of benzene rings is 1. The first kappa shape index (κ1) is 14.2. The summed E-state index contributed by atoms with van der Waals surface area (Å²) in [5, 5.41) is 0.305. The molecule has 0 aliphatic rings. The van der Waals surface area contributed by atoms with Gasteiger partial charge in [0.25, 0.3) is 0 Å². The lowest BCUT2D eigenvalue weighted by Crippen LogP contribution is -1.91. The lowest BCUT2D eigenvalue weighted by Gasteiger charge is -2.11. The van der Waals surface area contributed by atoms with Crippen molar-refractivity contribution in [3.63, 3.8) is 0 Å². The molecule has 0 aliphatic heterocycles. The van der Waals surface area contributed by atoms with Crippen molar-refractivity contribution in [1.82, 2.24) is 4.98 Å². The largest absolute Gasteiger partial charge is 0.220 e. The maximum atomic E-state index is 13.1. The summed E-state index contributed by atoms with van der Waals surface area (Å²) in [4.78, 5) is 3.68. The second-order valence-corrected chi connectivity index (χ2v) is 5.18. The van der Waals surface area contributed by atoms with E-state index in [1.807, 2.05) is 0 Å². The van der Waals surface area contributed by atoms with Crippen molar-refractivity contribution < 1.29 is 4.39 Å². The van der Waals surface area contributed by atoms with Gasteiger partial charge in [0.2, 0.25) is 5.95 Å². The van der Waals surface area contributed by atoms with E-state index >= 15 is 0 Å². The van der Waals surface area contributed by atoms with Gasteiger partial charge < -0.3 is 0 Å². The van der Waals surface area contributed by atoms with Crippen molar-refractivity contribution in [3.8, 4) is 11.3 Å². The highest BCUT2D eigenvalue weighted by Gasteiger charge is 2.21. The van der Waals surface area contributed by atoms with Crippen LogP contribution in [0, 0.1) is 5.95 Å². The molecule has 0 fully saturated rings. The minimum absolute atomic E-state index is 0.0495. The standard InChI is InChI=1S/C11H3Cl5FN/c12-7-6(4-2-1-3-5(17)18-4)8(13)10(15)11(16)9(7)14/h1-3H. The van der Waals surface area contributed by atoms with Gasteiger partial charge in [0, 0.05) is 5.56 Å². The molecular formula is C11H3Cl5FN. The summed E-state index contributed by atoms with van der Waals surface area (Å²) in [5.74, 6) is -0.665. The number of aromatic nitrogens is 1. The number of pyridine rings is 1. The summed E-state index contributed by atoms with van der Waals surface area (Å²) < 4.78 is 13.1. The second kappa shape index (κ2) is 5.40. The van der Waals surface area contributed by atoms with Gasteiger partial charge in [-0.05, 0) is 12.1 Å². The molecule has 0 spiro atoms. The van der Waals surface area contributed by atoms with Gasteiger partial charge in [-0.1, -0.05) is 64.1 Å². The highest BCUT2D eigenvalue weighted by Crippen LogP contribution is 2.47. The molecule has 1 aromatic heterocycles. The fourth-order valence-corrected chi connectivity index (χ4v) is 2.71. The molecule has 18 heavy (non-hydrogen) atoms. The van der Waals surface area contributed by atoms with E-state index in [1.54, 1.807) is 0 Å². The Morgan fingerprint density at radius 2 is 1.28 bits per heavy atom. The monoisotopic (exact) mass is 343 g/mol. The van der Waals surface area contributed by atoms with Gasteiger partial charge >= 0.3 is 0 Å². The number of halogens is 6. The zero-order chi connectivity index (χ0) is 13.4. The van der Waals surface area contributed by atoms with Gasteiger partial charge in [-0.3, -0.25) is 0 Å². The molecule has 0 amide bonds. The van der Waals surface area contributed by atoms with Crippen LogP contribution in [0.25, 0.3) is 11.3 Å². The molecule has 0 saturated heterocycles. The minimum Gasteiger partial charge on any atom is -0.220 e. The lowest BCUT2D eigenvalue weighted by atomic mass is 10.1. The van der Waals surface area contributed by atoms with Crippen LogP contribution in [-0.2, 0) is 0 Å². The first-order valence-electron chi connectivity index (χ1n) is 4.58. The van der Waals surface area contributed by atoms with Gasteiger partial charge in [0.15, 0.2) is 0 Å². The second-order valence-electron chi connectivity index (χ2n) is 3.29. The third-order valence-corrected chi connectivity index (χ3v) is 4.46. The Hall–Kier alpha value is -0.250. The smallest absolute Gasteiger partial charge is 0.213 e. The minimum atomic E-state index is -0.665. The van der Waals surface area contributed by atoms with Crippen molar-refractivity contribution in [1.29, 1.82) is 0 Å². The Morgan fingerprint density at radius 1 is 0.778 bits per heavy atom. The van der Waals surface area contributed by atoms with E-state index in [-0.39, 0.29) is 36.4 Å². The zero-order valence-corrected chi connectivity index (χ0v) is 12.2. The third-order valence-electron chi connectivity index (χ3n) is 2.18. The summed E-state index contributed by atoms with van der Waals surface area (Å²) in [5.41, 5.74) is 0.475. The van der Waals surface area contributed by atoms with Crippen LogP contribution in [-0.4, -0.2) is 4.98 Å². The van der Waals surface area contributed by atoms with Crippen LogP contribution in [0.2, 0.25) is 25.1 Å². The topological polar surface area (TPSA) is 12.9 Å². The van der Waals surface area contributed by atoms with Crippen LogP contribution < -0.4 is 0 Å². The zero-order valence-electron chi connectivity index (χ0n) is 8.45. The molecular weight excluding hydrogens is 342 g/mol. The number of rotatable bonds is 1. The fourth-order valence-electron chi connectivity index (χ4n) is 1.38. The fraction of sp³-hybridized carbons (Fsp3) is 0. The number of hydrogen-bond donors (Lipinski definition) is 0. The van der Waals surface area contributed by atoms with Crippen LogP contribution in [0.5, 0.6) is 0 Å². The third kappa shape index (κ3) is 2.40. The summed E-state index contributed by atoms with van der Waals surface area (Å²) in [6.07, 6.45) is 0. The molecule has 0 radical (unpaired) electrons. The molecule has 2 rings (SSSR count). The highest BCUT2D eigenvalue weighted by atomic mass is 35.5. The first-order chi connectivity index (χ1) is 8.43. The first-order valence-corrected chi connectivity index (χ1v) is 6.46. The van der Waals surface area contributed by atoms with Crippen LogP contribution in [0.3, 0.4) is 0 Å². The highest BCUT2D eigenvalue weighted by molar-refractivity contribution is 6.56. The molecule has 1 aromatic carbocycles. The van der Waals surface area contributed by atoms with Crippen molar-refractivity contribution in [2.24, 2.45) is 0 Å². The molecule has 1 heterocycles. The Kier molecular flexibility index (Phi) is 4.25. The van der Waals surface area contributed by atoms with Gasteiger partial charge in [-0.25, -0.2) is 4.98 Å². The Bertz CT molecular complexity index is 600. The van der Waals surface area contributed by atoms with E-state index < -0.39 is 5.95 Å². The predicted octanol–water partition coefficient (Wildman–Crippen LogP) is 6.15. The summed E-state index contributed by atoms with van der Waals surface area (Å²) in [6, 6.07) is 4.21. The Morgan fingerprint density at radius 3 is 1.78 bits per heavy atom. The molecule has 0 N–H and O–H groups in total. The molecule has 7 heteroatoms. The molecule has 94 valence electrons. The average molecular weight is 345 g/mol. The molecule has 0 saturated carbocycles. The SMILES string of the molecule is Fc1cccc(-c2c(Cl)c(Cl)c(Cl)c(Cl)c2Cl)n1. The van der Waals surface area contributed by atoms with Crippen LogP contribution in [0.4, 0.5) is 4.39 Å². The number of nitrogens with zero attached hydrogens (tertiary/aromatic N) is 1. The molecule has 0 unspecified atom stereocenters. The van der Waals surface area contributed by atoms with Crippen molar-refractivity contribution in [3.05, 3.63) is 49.3 Å². The van der Waals surface area contributed by atoms with Gasteiger partial charge in [-0.15, -0.1) is 0 Å². The van der Waals surface area contributed by atoms with E-state index in [0.717, 1.165) is 0 Å². The van der Waals surface area contributed by atoms with E-state index in [0.29, 0.717) is 0 Å². The quantitative estimate of drug-likeness (QED) is 0.343. The molecule has 1 nitrogen and oxygen atoms in total. The molecule has 0 aliphatic carbocycles. The molecule has 2 aromatic rings.